The Kier molecular flexibility index (Phi) is 1.63. The second-order valence-corrected chi connectivity index (χ2v) is 2.03. The molecule has 1 aromatic rings. The molecular weight excluding hydrogens is 217 g/mol. The molecule has 56 valence electrons. The lowest BCUT2D eigenvalue weighted by molar-refractivity contribution is -0.145. The smallest absolute Gasteiger partial charge is 0.163 e. The summed E-state index contributed by atoms with van der Waals surface area (Å²) >= 11 is 2.46. The van der Waals surface area contributed by atoms with Crippen LogP contribution in [0.5, 0.6) is 0 Å². The van der Waals surface area contributed by atoms with Crippen LogP contribution in [0.3, 0.4) is 0 Å². The van der Waals surface area contributed by atoms with Crippen molar-refractivity contribution in [2.24, 2.45) is 0 Å². The summed E-state index contributed by atoms with van der Waals surface area (Å²) in [6.07, 6.45) is -4.51. The molecule has 1 rings (SSSR count). The Hall–Kier alpha value is -0.660. The molecule has 8 heteroatoms. The molecule has 0 aliphatic heterocycles. The minimum atomic E-state index is -4.51. The molecular formula is C2BrF3N4. The van der Waals surface area contributed by atoms with E-state index in [0.29, 0.717) is 3.71 Å². The van der Waals surface area contributed by atoms with Crippen molar-refractivity contribution in [1.29, 1.82) is 0 Å². The zero-order valence-electron chi connectivity index (χ0n) is 4.30. The highest BCUT2D eigenvalue weighted by Crippen LogP contribution is 2.26. The molecule has 0 saturated carbocycles. The van der Waals surface area contributed by atoms with E-state index in [0.717, 1.165) is 0 Å². The Labute approximate surface area is 61.4 Å². The number of halogens is 4. The molecule has 0 aromatic carbocycles. The molecule has 0 fully saturated rings. The number of hydrogen-bond acceptors (Lipinski definition) is 3. The van der Waals surface area contributed by atoms with Gasteiger partial charge in [0.1, 0.15) is 0 Å². The van der Waals surface area contributed by atoms with Gasteiger partial charge in [-0.3, -0.25) is 0 Å². The maximum atomic E-state index is 11.7. The number of hydrogen-bond donors (Lipinski definition) is 0. The van der Waals surface area contributed by atoms with Crippen LogP contribution in [0.15, 0.2) is 0 Å². The summed E-state index contributed by atoms with van der Waals surface area (Å²) in [5, 5.41) is 8.44. The fourth-order valence-corrected chi connectivity index (χ4v) is 0.673. The highest BCUT2D eigenvalue weighted by Gasteiger charge is 2.37. The fourth-order valence-electron chi connectivity index (χ4n) is 0.338. The van der Waals surface area contributed by atoms with Crippen molar-refractivity contribution in [3.8, 4) is 0 Å². The van der Waals surface area contributed by atoms with Gasteiger partial charge in [-0.25, -0.2) is 0 Å². The van der Waals surface area contributed by atoms with Crippen molar-refractivity contribution in [2.45, 2.75) is 6.18 Å². The second-order valence-electron chi connectivity index (χ2n) is 1.36. The maximum Gasteiger partial charge on any atom is 0.454 e. The van der Waals surface area contributed by atoms with E-state index in [1.54, 1.807) is 0 Å². The van der Waals surface area contributed by atoms with Crippen LogP contribution in [-0.2, 0) is 6.18 Å². The zero-order chi connectivity index (χ0) is 7.78. The Morgan fingerprint density at radius 3 is 2.20 bits per heavy atom. The van der Waals surface area contributed by atoms with Crippen molar-refractivity contribution in [3.63, 3.8) is 0 Å². The van der Waals surface area contributed by atoms with Crippen LogP contribution in [0.4, 0.5) is 13.2 Å². The Bertz CT molecular complexity index is 229. The van der Waals surface area contributed by atoms with Crippen molar-refractivity contribution in [3.05, 3.63) is 5.82 Å². The van der Waals surface area contributed by atoms with Gasteiger partial charge >= 0.3 is 6.18 Å². The lowest BCUT2D eigenvalue weighted by atomic mass is 10.6. The lowest BCUT2D eigenvalue weighted by Gasteiger charge is -1.99. The van der Waals surface area contributed by atoms with Crippen LogP contribution < -0.4 is 0 Å². The molecule has 0 aliphatic carbocycles. The SMILES string of the molecule is FC(F)(F)c1nnnn1Br. The van der Waals surface area contributed by atoms with Crippen LogP contribution in [0.25, 0.3) is 0 Å². The molecule has 10 heavy (non-hydrogen) atoms. The first-order chi connectivity index (χ1) is 4.52. The number of tetrazole rings is 1. The van der Waals surface area contributed by atoms with Gasteiger partial charge in [0.2, 0.25) is 0 Å². The molecule has 0 atom stereocenters. The minimum absolute atomic E-state index is 0.382. The normalized spacial score (nSPS) is 12.0. The predicted octanol–water partition coefficient (Wildman–Crippen LogP) is 0.850. The number of alkyl halides is 3. The number of aromatic nitrogens is 4. The van der Waals surface area contributed by atoms with Gasteiger partial charge in [-0.05, 0) is 10.4 Å². The van der Waals surface area contributed by atoms with Crippen LogP contribution >= 0.6 is 16.1 Å². The van der Waals surface area contributed by atoms with Crippen LogP contribution in [0, 0.1) is 0 Å². The van der Waals surface area contributed by atoms with E-state index in [2.05, 4.69) is 31.7 Å². The molecule has 0 unspecified atom stereocenters. The van der Waals surface area contributed by atoms with E-state index in [1.165, 1.54) is 0 Å². The first-order valence-corrected chi connectivity index (χ1v) is 2.74. The van der Waals surface area contributed by atoms with E-state index in [1.807, 2.05) is 0 Å². The average Bonchev–Trinajstić information content (AvgIpc) is 2.11. The Balaban J connectivity index is 3.05. The van der Waals surface area contributed by atoms with Gasteiger partial charge in [-0.1, -0.05) is 0 Å². The topological polar surface area (TPSA) is 43.6 Å². The number of rotatable bonds is 0. The van der Waals surface area contributed by atoms with E-state index in [-0.39, 0.29) is 0 Å². The lowest BCUT2D eigenvalue weighted by Crippen LogP contribution is -2.10. The van der Waals surface area contributed by atoms with Gasteiger partial charge in [0, 0.05) is 0 Å². The van der Waals surface area contributed by atoms with Gasteiger partial charge < -0.3 is 0 Å². The third-order valence-electron chi connectivity index (χ3n) is 0.686. The standard InChI is InChI=1S/C2BrF3N4/c3-10-1(2(4,5)6)7-8-9-10. The van der Waals surface area contributed by atoms with Crippen LogP contribution in [0.2, 0.25) is 0 Å². The van der Waals surface area contributed by atoms with Gasteiger partial charge in [0.15, 0.2) is 0 Å². The first-order valence-electron chi connectivity index (χ1n) is 2.03. The van der Waals surface area contributed by atoms with Crippen molar-refractivity contribution < 1.29 is 13.2 Å². The Morgan fingerprint density at radius 2 is 2.00 bits per heavy atom. The summed E-state index contributed by atoms with van der Waals surface area (Å²) in [6, 6.07) is 0. The summed E-state index contributed by atoms with van der Waals surface area (Å²) in [5.74, 6) is -1.17. The largest absolute Gasteiger partial charge is 0.454 e. The number of nitrogens with zero attached hydrogens (tertiary/aromatic N) is 4. The molecule has 1 heterocycles. The van der Waals surface area contributed by atoms with Crippen molar-refractivity contribution in [2.75, 3.05) is 0 Å². The van der Waals surface area contributed by atoms with Crippen LogP contribution in [-0.4, -0.2) is 19.2 Å². The molecule has 0 saturated heterocycles. The third-order valence-corrected chi connectivity index (χ3v) is 1.16. The summed E-state index contributed by atoms with van der Waals surface area (Å²) in [7, 11) is 0. The van der Waals surface area contributed by atoms with Crippen LogP contribution in [0.1, 0.15) is 5.82 Å². The first kappa shape index (κ1) is 7.45. The highest BCUT2D eigenvalue weighted by atomic mass is 79.9. The minimum Gasteiger partial charge on any atom is -0.163 e. The van der Waals surface area contributed by atoms with E-state index < -0.39 is 12.0 Å². The van der Waals surface area contributed by atoms with Gasteiger partial charge in [0.05, 0.1) is 16.1 Å². The molecule has 4 nitrogen and oxygen atoms in total. The molecule has 1 aromatic heterocycles. The molecule has 0 N–H and O–H groups in total. The maximum absolute atomic E-state index is 11.7. The molecule has 0 bridgehead atoms. The highest BCUT2D eigenvalue weighted by molar-refractivity contribution is 9.08. The second kappa shape index (κ2) is 2.19. The molecule has 0 radical (unpaired) electrons. The third kappa shape index (κ3) is 1.25. The monoisotopic (exact) mass is 216 g/mol. The molecule has 0 aliphatic rings. The summed E-state index contributed by atoms with van der Waals surface area (Å²) in [4.78, 5) is 0. The van der Waals surface area contributed by atoms with E-state index in [4.69, 9.17) is 0 Å². The summed E-state index contributed by atoms with van der Waals surface area (Å²) < 4.78 is 35.4. The van der Waals surface area contributed by atoms with E-state index >= 15 is 0 Å². The predicted molar refractivity (Wildman–Crippen MR) is 27.1 cm³/mol. The Morgan fingerprint density at radius 1 is 1.40 bits per heavy atom. The summed E-state index contributed by atoms with van der Waals surface area (Å²) in [6.45, 7) is 0. The molecule has 0 spiro atoms. The average molecular weight is 217 g/mol. The van der Waals surface area contributed by atoms with E-state index in [9.17, 15) is 13.2 Å². The van der Waals surface area contributed by atoms with Gasteiger partial charge in [0.25, 0.3) is 5.82 Å². The van der Waals surface area contributed by atoms with Crippen molar-refractivity contribution >= 4 is 16.1 Å². The quantitative estimate of drug-likeness (QED) is 0.646. The van der Waals surface area contributed by atoms with Crippen molar-refractivity contribution in [1.82, 2.24) is 19.2 Å². The zero-order valence-corrected chi connectivity index (χ0v) is 5.89. The summed E-state index contributed by atoms with van der Waals surface area (Å²) in [5.41, 5.74) is 0. The molecule has 0 amide bonds. The fraction of sp³-hybridized carbons (Fsp3) is 0.500. The van der Waals surface area contributed by atoms with Gasteiger partial charge in [-0.2, -0.15) is 16.9 Å². The van der Waals surface area contributed by atoms with Gasteiger partial charge in [-0.15, -0.1) is 5.10 Å².